The Hall–Kier alpha value is -2.34. The molecule has 26 heavy (non-hydrogen) atoms. The van der Waals surface area contributed by atoms with Gasteiger partial charge in [0.2, 0.25) is 0 Å². The molecule has 138 valence electrons. The van der Waals surface area contributed by atoms with Crippen LogP contribution < -0.4 is 4.31 Å². The highest BCUT2D eigenvalue weighted by molar-refractivity contribution is 7.92. The molecule has 1 aliphatic rings. The molecular formula is C20H24N2O3S. The summed E-state index contributed by atoms with van der Waals surface area (Å²) in [5.74, 6) is -0.109. The molecule has 0 bridgehead atoms. The van der Waals surface area contributed by atoms with E-state index < -0.39 is 10.0 Å². The number of amides is 1. The maximum Gasteiger partial charge on any atom is 0.264 e. The molecule has 0 radical (unpaired) electrons. The maximum absolute atomic E-state index is 13.0. The molecule has 0 spiro atoms. The number of rotatable bonds is 6. The fourth-order valence-corrected chi connectivity index (χ4v) is 4.29. The van der Waals surface area contributed by atoms with Crippen molar-refractivity contribution in [1.29, 1.82) is 0 Å². The summed E-state index contributed by atoms with van der Waals surface area (Å²) in [6.07, 6.45) is 2.03. The van der Waals surface area contributed by atoms with Gasteiger partial charge in [-0.15, -0.1) is 0 Å². The molecule has 2 aromatic carbocycles. The summed E-state index contributed by atoms with van der Waals surface area (Å²) >= 11 is 0. The Morgan fingerprint density at radius 1 is 1.04 bits per heavy atom. The molecule has 1 saturated carbocycles. The fraction of sp³-hybridized carbons (Fsp3) is 0.350. The molecule has 5 nitrogen and oxygen atoms in total. The normalized spacial score (nSPS) is 14.3. The zero-order valence-corrected chi connectivity index (χ0v) is 16.1. The van der Waals surface area contributed by atoms with Gasteiger partial charge in [-0.2, -0.15) is 0 Å². The Bertz CT molecular complexity index is 888. The van der Waals surface area contributed by atoms with Crippen LogP contribution in [0.1, 0.15) is 37.0 Å². The lowest BCUT2D eigenvalue weighted by atomic mass is 10.1. The summed E-state index contributed by atoms with van der Waals surface area (Å²) < 4.78 is 27.2. The SMILES string of the molecule is CC(C)N(C(=O)c1cccc(S(=O)(=O)N(C)c2ccccc2)c1)C1CC1. The van der Waals surface area contributed by atoms with Crippen LogP contribution in [0.25, 0.3) is 0 Å². The van der Waals surface area contributed by atoms with E-state index in [1.165, 1.54) is 23.5 Å². The molecule has 0 unspecified atom stereocenters. The first kappa shape index (κ1) is 18.5. The number of carbonyl (C=O) groups is 1. The fourth-order valence-electron chi connectivity index (χ4n) is 3.05. The number of nitrogens with zero attached hydrogens (tertiary/aromatic N) is 2. The van der Waals surface area contributed by atoms with Gasteiger partial charge >= 0.3 is 0 Å². The van der Waals surface area contributed by atoms with Gasteiger partial charge in [0, 0.05) is 24.7 Å². The first-order valence-electron chi connectivity index (χ1n) is 8.79. The van der Waals surface area contributed by atoms with Crippen molar-refractivity contribution in [2.24, 2.45) is 0 Å². The Balaban J connectivity index is 1.92. The van der Waals surface area contributed by atoms with Crippen molar-refractivity contribution in [1.82, 2.24) is 4.90 Å². The molecule has 0 aromatic heterocycles. The lowest BCUT2D eigenvalue weighted by Gasteiger charge is -2.27. The van der Waals surface area contributed by atoms with E-state index in [9.17, 15) is 13.2 Å². The number of hydrogen-bond acceptors (Lipinski definition) is 3. The molecule has 6 heteroatoms. The van der Waals surface area contributed by atoms with E-state index in [1.807, 2.05) is 24.8 Å². The van der Waals surface area contributed by atoms with Crippen LogP contribution in [0.4, 0.5) is 5.69 Å². The van der Waals surface area contributed by atoms with E-state index >= 15 is 0 Å². The third-order valence-corrected chi connectivity index (χ3v) is 6.37. The van der Waals surface area contributed by atoms with E-state index in [4.69, 9.17) is 0 Å². The van der Waals surface area contributed by atoms with Crippen molar-refractivity contribution in [2.45, 2.75) is 43.7 Å². The van der Waals surface area contributed by atoms with E-state index in [0.717, 1.165) is 12.8 Å². The van der Waals surface area contributed by atoms with Crippen LogP contribution in [0.5, 0.6) is 0 Å². The maximum atomic E-state index is 13.0. The van der Waals surface area contributed by atoms with Crippen LogP contribution in [-0.4, -0.2) is 38.4 Å². The highest BCUT2D eigenvalue weighted by atomic mass is 32.2. The highest BCUT2D eigenvalue weighted by Crippen LogP contribution is 2.30. The zero-order chi connectivity index (χ0) is 18.9. The summed E-state index contributed by atoms with van der Waals surface area (Å²) in [5, 5.41) is 0. The van der Waals surface area contributed by atoms with E-state index in [1.54, 1.807) is 36.4 Å². The van der Waals surface area contributed by atoms with Crippen LogP contribution in [-0.2, 0) is 10.0 Å². The average molecular weight is 372 g/mol. The van der Waals surface area contributed by atoms with Crippen molar-refractivity contribution >= 4 is 21.6 Å². The number of anilines is 1. The van der Waals surface area contributed by atoms with Gasteiger partial charge in [-0.05, 0) is 57.0 Å². The number of sulfonamides is 1. The monoisotopic (exact) mass is 372 g/mol. The predicted molar refractivity (Wildman–Crippen MR) is 103 cm³/mol. The molecule has 3 rings (SSSR count). The first-order valence-corrected chi connectivity index (χ1v) is 10.2. The predicted octanol–water partition coefficient (Wildman–Crippen LogP) is 3.52. The second-order valence-corrected chi connectivity index (χ2v) is 8.84. The first-order chi connectivity index (χ1) is 12.3. The van der Waals surface area contributed by atoms with Gasteiger partial charge in [-0.1, -0.05) is 24.3 Å². The van der Waals surface area contributed by atoms with Crippen LogP contribution in [0.3, 0.4) is 0 Å². The lowest BCUT2D eigenvalue weighted by Crippen LogP contribution is -2.38. The molecule has 0 heterocycles. The van der Waals surface area contributed by atoms with Crippen molar-refractivity contribution in [3.05, 3.63) is 60.2 Å². The minimum absolute atomic E-state index is 0.0854. The smallest absolute Gasteiger partial charge is 0.264 e. The Kier molecular flexibility index (Phi) is 5.05. The molecular weight excluding hydrogens is 348 g/mol. The third kappa shape index (κ3) is 3.60. The van der Waals surface area contributed by atoms with Crippen LogP contribution in [0.15, 0.2) is 59.5 Å². The molecule has 0 N–H and O–H groups in total. The second-order valence-electron chi connectivity index (χ2n) is 6.87. The lowest BCUT2D eigenvalue weighted by molar-refractivity contribution is 0.0690. The Labute approximate surface area is 155 Å². The molecule has 0 saturated heterocycles. The number of hydrogen-bond donors (Lipinski definition) is 0. The Morgan fingerprint density at radius 2 is 1.69 bits per heavy atom. The second kappa shape index (κ2) is 7.11. The van der Waals surface area contributed by atoms with Gasteiger partial charge in [0.15, 0.2) is 0 Å². The van der Waals surface area contributed by atoms with E-state index in [2.05, 4.69) is 0 Å². The van der Waals surface area contributed by atoms with E-state index in [0.29, 0.717) is 11.3 Å². The van der Waals surface area contributed by atoms with Gasteiger partial charge in [0.25, 0.3) is 15.9 Å². The summed E-state index contributed by atoms with van der Waals surface area (Å²) in [6.45, 7) is 3.97. The molecule has 0 atom stereocenters. The summed E-state index contributed by atoms with van der Waals surface area (Å²) in [4.78, 5) is 14.9. The molecule has 1 aliphatic carbocycles. The molecule has 2 aromatic rings. The minimum atomic E-state index is -3.74. The minimum Gasteiger partial charge on any atom is -0.333 e. The highest BCUT2D eigenvalue weighted by Gasteiger charge is 2.35. The number of para-hydroxylation sites is 1. The van der Waals surface area contributed by atoms with Crippen LogP contribution in [0, 0.1) is 0 Å². The van der Waals surface area contributed by atoms with Crippen molar-refractivity contribution in [3.8, 4) is 0 Å². The third-order valence-electron chi connectivity index (χ3n) is 4.59. The number of carbonyl (C=O) groups excluding carboxylic acids is 1. The standard InChI is InChI=1S/C20H24N2O3S/c1-15(2)22(18-12-13-18)20(23)16-8-7-11-19(14-16)26(24,25)21(3)17-9-5-4-6-10-17/h4-11,14-15,18H,12-13H2,1-3H3. The zero-order valence-electron chi connectivity index (χ0n) is 15.3. The van der Waals surface area contributed by atoms with Gasteiger partial charge < -0.3 is 4.90 Å². The number of benzene rings is 2. The molecule has 1 amide bonds. The largest absolute Gasteiger partial charge is 0.333 e. The topological polar surface area (TPSA) is 57.7 Å². The van der Waals surface area contributed by atoms with Crippen molar-refractivity contribution in [3.63, 3.8) is 0 Å². The van der Waals surface area contributed by atoms with Gasteiger partial charge in [0.05, 0.1) is 10.6 Å². The average Bonchev–Trinajstić information content (AvgIpc) is 3.46. The van der Waals surface area contributed by atoms with E-state index in [-0.39, 0.29) is 22.9 Å². The summed E-state index contributed by atoms with van der Waals surface area (Å²) in [6, 6.07) is 15.6. The van der Waals surface area contributed by atoms with Crippen LogP contribution >= 0.6 is 0 Å². The summed E-state index contributed by atoms with van der Waals surface area (Å²) in [7, 11) is -2.22. The molecule has 1 fully saturated rings. The molecule has 0 aliphatic heterocycles. The van der Waals surface area contributed by atoms with Gasteiger partial charge in [0.1, 0.15) is 0 Å². The van der Waals surface area contributed by atoms with Crippen molar-refractivity contribution in [2.75, 3.05) is 11.4 Å². The summed E-state index contributed by atoms with van der Waals surface area (Å²) in [5.41, 5.74) is 0.985. The van der Waals surface area contributed by atoms with Crippen LogP contribution in [0.2, 0.25) is 0 Å². The van der Waals surface area contributed by atoms with Gasteiger partial charge in [-0.3, -0.25) is 9.10 Å². The van der Waals surface area contributed by atoms with Gasteiger partial charge in [-0.25, -0.2) is 8.42 Å². The Morgan fingerprint density at radius 3 is 2.27 bits per heavy atom. The quantitative estimate of drug-likeness (QED) is 0.779. The van der Waals surface area contributed by atoms with Crippen molar-refractivity contribution < 1.29 is 13.2 Å².